The number of aromatic nitrogens is 1. The largest absolute Gasteiger partial charge is 0.481 e. The lowest BCUT2D eigenvalue weighted by molar-refractivity contribution is -0.137. The molecule has 0 amide bonds. The van der Waals surface area contributed by atoms with E-state index < -0.39 is 5.97 Å². The molecule has 1 aromatic heterocycles. The summed E-state index contributed by atoms with van der Waals surface area (Å²) in [5.74, 6) is -0.789. The van der Waals surface area contributed by atoms with Gasteiger partial charge < -0.3 is 10.0 Å². The van der Waals surface area contributed by atoms with Crippen molar-refractivity contribution < 1.29 is 9.90 Å². The topological polar surface area (TPSA) is 77.2 Å². The zero-order valence-corrected chi connectivity index (χ0v) is 11.9. The Balaban J connectivity index is 2.42. The number of aryl methyl sites for hydroxylation is 2. The summed E-state index contributed by atoms with van der Waals surface area (Å²) in [5.41, 5.74) is 2.97. The number of rotatable bonds is 3. The first-order valence-corrected chi connectivity index (χ1v) is 6.89. The number of nitriles is 1. The highest BCUT2D eigenvalue weighted by Crippen LogP contribution is 2.30. The molecule has 106 valence electrons. The highest BCUT2D eigenvalue weighted by molar-refractivity contribution is 5.70. The van der Waals surface area contributed by atoms with Crippen LogP contribution in [0.1, 0.15) is 42.6 Å². The second-order valence-electron chi connectivity index (χ2n) is 5.30. The summed E-state index contributed by atoms with van der Waals surface area (Å²) in [6.07, 6.45) is 3.05. The minimum atomic E-state index is -0.789. The molecule has 0 aliphatic carbocycles. The lowest BCUT2D eigenvalue weighted by Crippen LogP contribution is -2.41. The number of hydrogen-bond acceptors (Lipinski definition) is 4. The van der Waals surface area contributed by atoms with Gasteiger partial charge in [0.1, 0.15) is 6.07 Å². The second-order valence-corrected chi connectivity index (χ2v) is 5.30. The number of pyridine rings is 1. The molecule has 1 aliphatic heterocycles. The molecule has 1 N–H and O–H groups in total. The van der Waals surface area contributed by atoms with Crippen LogP contribution in [0.25, 0.3) is 0 Å². The fraction of sp³-hybridized carbons (Fsp3) is 0.533. The van der Waals surface area contributed by atoms with Crippen molar-refractivity contribution in [3.63, 3.8) is 0 Å². The maximum atomic E-state index is 11.0. The van der Waals surface area contributed by atoms with Crippen LogP contribution in [0.2, 0.25) is 0 Å². The number of carbonyl (C=O) groups is 1. The van der Waals surface area contributed by atoms with Crippen LogP contribution >= 0.6 is 0 Å². The molecule has 0 radical (unpaired) electrons. The molecule has 0 spiro atoms. The van der Waals surface area contributed by atoms with E-state index in [0.717, 1.165) is 37.2 Å². The molecule has 2 heterocycles. The van der Waals surface area contributed by atoms with Crippen LogP contribution < -0.4 is 4.90 Å². The summed E-state index contributed by atoms with van der Waals surface area (Å²) in [4.78, 5) is 17.4. The number of carboxylic acid groups (broad SMARTS) is 1. The molecule has 0 bridgehead atoms. The number of piperidine rings is 1. The van der Waals surface area contributed by atoms with Gasteiger partial charge in [0.15, 0.2) is 0 Å². The zero-order chi connectivity index (χ0) is 14.7. The van der Waals surface area contributed by atoms with Crippen molar-refractivity contribution in [2.75, 3.05) is 11.4 Å². The van der Waals surface area contributed by atoms with Crippen LogP contribution in [0.4, 0.5) is 5.69 Å². The van der Waals surface area contributed by atoms with Crippen LogP contribution in [-0.4, -0.2) is 28.6 Å². The van der Waals surface area contributed by atoms with Gasteiger partial charge >= 0.3 is 5.97 Å². The van der Waals surface area contributed by atoms with Gasteiger partial charge in [0.25, 0.3) is 0 Å². The minimum Gasteiger partial charge on any atom is -0.481 e. The average Bonchev–Trinajstić information content (AvgIpc) is 2.38. The first-order valence-electron chi connectivity index (χ1n) is 6.89. The van der Waals surface area contributed by atoms with E-state index in [0.29, 0.717) is 11.3 Å². The molecule has 1 unspecified atom stereocenters. The van der Waals surface area contributed by atoms with E-state index in [-0.39, 0.29) is 12.5 Å². The molecule has 0 saturated carbocycles. The standard InChI is InChI=1S/C15H19N3O2/c1-10-7-14(13(9-16)11(2)17-10)18-6-4-3-5-12(18)8-15(19)20/h7,12H,3-6,8H2,1-2H3,(H,19,20). The van der Waals surface area contributed by atoms with Crippen molar-refractivity contribution in [1.29, 1.82) is 5.26 Å². The molecule has 1 saturated heterocycles. The fourth-order valence-corrected chi connectivity index (χ4v) is 2.90. The molecular weight excluding hydrogens is 254 g/mol. The van der Waals surface area contributed by atoms with Crippen LogP contribution in [0, 0.1) is 25.2 Å². The molecule has 1 fully saturated rings. The van der Waals surface area contributed by atoms with Crippen molar-refractivity contribution in [3.05, 3.63) is 23.0 Å². The lowest BCUT2D eigenvalue weighted by Gasteiger charge is -2.37. The van der Waals surface area contributed by atoms with Gasteiger partial charge in [-0.3, -0.25) is 9.78 Å². The zero-order valence-electron chi connectivity index (χ0n) is 11.9. The minimum absolute atomic E-state index is 0.0328. The number of nitrogens with zero attached hydrogens (tertiary/aromatic N) is 3. The number of hydrogen-bond donors (Lipinski definition) is 1. The Kier molecular flexibility index (Phi) is 4.23. The molecule has 1 aliphatic rings. The van der Waals surface area contributed by atoms with E-state index in [9.17, 15) is 10.1 Å². The van der Waals surface area contributed by atoms with Crippen molar-refractivity contribution in [2.24, 2.45) is 0 Å². The maximum absolute atomic E-state index is 11.0. The monoisotopic (exact) mass is 273 g/mol. The number of aliphatic carboxylic acids is 1. The molecule has 5 nitrogen and oxygen atoms in total. The van der Waals surface area contributed by atoms with Gasteiger partial charge in [0, 0.05) is 18.3 Å². The Hall–Kier alpha value is -2.09. The van der Waals surface area contributed by atoms with E-state index in [1.54, 1.807) is 0 Å². The van der Waals surface area contributed by atoms with Gasteiger partial charge in [-0.25, -0.2) is 0 Å². The smallest absolute Gasteiger partial charge is 0.305 e. The Labute approximate surface area is 118 Å². The highest BCUT2D eigenvalue weighted by atomic mass is 16.4. The quantitative estimate of drug-likeness (QED) is 0.915. The summed E-state index contributed by atoms with van der Waals surface area (Å²) in [7, 11) is 0. The molecule has 5 heteroatoms. The van der Waals surface area contributed by atoms with Gasteiger partial charge in [-0.05, 0) is 39.2 Å². The van der Waals surface area contributed by atoms with Gasteiger partial charge in [0.05, 0.1) is 23.4 Å². The Bertz CT molecular complexity index is 563. The van der Waals surface area contributed by atoms with Crippen LogP contribution in [0.15, 0.2) is 6.07 Å². The van der Waals surface area contributed by atoms with Gasteiger partial charge in [-0.2, -0.15) is 5.26 Å². The van der Waals surface area contributed by atoms with Gasteiger partial charge in [-0.1, -0.05) is 0 Å². The summed E-state index contributed by atoms with van der Waals surface area (Å²) in [6, 6.07) is 4.07. The Morgan fingerprint density at radius 1 is 1.55 bits per heavy atom. The molecule has 0 aromatic carbocycles. The van der Waals surface area contributed by atoms with Crippen molar-refractivity contribution in [2.45, 2.75) is 45.6 Å². The molecule has 1 aromatic rings. The lowest BCUT2D eigenvalue weighted by atomic mass is 9.97. The molecular formula is C15H19N3O2. The van der Waals surface area contributed by atoms with Gasteiger partial charge in [0.2, 0.25) is 0 Å². The summed E-state index contributed by atoms with van der Waals surface area (Å²) in [6.45, 7) is 4.52. The van der Waals surface area contributed by atoms with E-state index in [4.69, 9.17) is 5.11 Å². The van der Waals surface area contributed by atoms with Crippen LogP contribution in [-0.2, 0) is 4.79 Å². The Morgan fingerprint density at radius 3 is 2.95 bits per heavy atom. The predicted molar refractivity (Wildman–Crippen MR) is 75.7 cm³/mol. The predicted octanol–water partition coefficient (Wildman–Crippen LogP) is 2.40. The molecule has 1 atom stereocenters. The first-order chi connectivity index (χ1) is 9.52. The van der Waals surface area contributed by atoms with Crippen molar-refractivity contribution >= 4 is 11.7 Å². The van der Waals surface area contributed by atoms with Gasteiger partial charge in [-0.15, -0.1) is 0 Å². The highest BCUT2D eigenvalue weighted by Gasteiger charge is 2.27. The third-order valence-electron chi connectivity index (χ3n) is 3.77. The summed E-state index contributed by atoms with van der Waals surface area (Å²) >= 11 is 0. The van der Waals surface area contributed by atoms with Crippen LogP contribution in [0.5, 0.6) is 0 Å². The second kappa shape index (κ2) is 5.91. The third-order valence-corrected chi connectivity index (χ3v) is 3.77. The van der Waals surface area contributed by atoms with Crippen LogP contribution in [0.3, 0.4) is 0 Å². The fourth-order valence-electron chi connectivity index (χ4n) is 2.90. The normalized spacial score (nSPS) is 18.6. The number of carboxylic acids is 1. The van der Waals surface area contributed by atoms with E-state index >= 15 is 0 Å². The van der Waals surface area contributed by atoms with E-state index in [1.807, 2.05) is 19.9 Å². The van der Waals surface area contributed by atoms with Crippen molar-refractivity contribution in [3.8, 4) is 6.07 Å². The Morgan fingerprint density at radius 2 is 2.30 bits per heavy atom. The number of anilines is 1. The van der Waals surface area contributed by atoms with E-state index in [2.05, 4.69) is 16.0 Å². The summed E-state index contributed by atoms with van der Waals surface area (Å²) < 4.78 is 0. The average molecular weight is 273 g/mol. The van der Waals surface area contributed by atoms with Crippen molar-refractivity contribution in [1.82, 2.24) is 4.98 Å². The third kappa shape index (κ3) is 2.90. The SMILES string of the molecule is Cc1cc(N2CCCCC2CC(=O)O)c(C#N)c(C)n1. The summed E-state index contributed by atoms with van der Waals surface area (Å²) in [5, 5.41) is 18.4. The first kappa shape index (κ1) is 14.3. The molecule has 20 heavy (non-hydrogen) atoms. The van der Waals surface area contributed by atoms with E-state index in [1.165, 1.54) is 0 Å². The maximum Gasteiger partial charge on any atom is 0.305 e. The molecule has 2 rings (SSSR count).